The van der Waals surface area contributed by atoms with Crippen LogP contribution in [0.1, 0.15) is 39.7 Å². The van der Waals surface area contributed by atoms with Crippen LogP contribution in [0.15, 0.2) is 36.4 Å². The molecule has 0 bridgehead atoms. The zero-order valence-electron chi connectivity index (χ0n) is 16.5. The van der Waals surface area contributed by atoms with Crippen molar-refractivity contribution in [2.24, 2.45) is 11.8 Å². The van der Waals surface area contributed by atoms with E-state index in [1.165, 1.54) is 0 Å². The molecule has 0 aliphatic heterocycles. The molecule has 1 N–H and O–H groups in total. The predicted molar refractivity (Wildman–Crippen MR) is 106 cm³/mol. The van der Waals surface area contributed by atoms with Crippen molar-refractivity contribution in [1.82, 2.24) is 4.90 Å². The van der Waals surface area contributed by atoms with Gasteiger partial charge in [-0.2, -0.15) is 0 Å². The van der Waals surface area contributed by atoms with Crippen LogP contribution >= 0.6 is 0 Å². The molecule has 0 radical (unpaired) electrons. The zero-order valence-corrected chi connectivity index (χ0v) is 16.5. The van der Waals surface area contributed by atoms with Crippen LogP contribution in [0.2, 0.25) is 0 Å². The van der Waals surface area contributed by atoms with Crippen molar-refractivity contribution in [3.05, 3.63) is 42.0 Å². The number of aliphatic hydroxyl groups is 1. The minimum atomic E-state index is -0.851. The van der Waals surface area contributed by atoms with Crippen molar-refractivity contribution in [3.8, 4) is 5.75 Å². The Kier molecular flexibility index (Phi) is 6.47. The van der Waals surface area contributed by atoms with Crippen LogP contribution in [0.25, 0.3) is 10.8 Å². The summed E-state index contributed by atoms with van der Waals surface area (Å²) in [6.45, 7) is 10.0. The highest BCUT2D eigenvalue weighted by Crippen LogP contribution is 2.38. The van der Waals surface area contributed by atoms with Gasteiger partial charge >= 0.3 is 0 Å². The number of ether oxygens (including phenoxy) is 1. The molecular formula is C22H33NO2. The first-order chi connectivity index (χ1) is 11.8. The van der Waals surface area contributed by atoms with E-state index in [1.54, 1.807) is 0 Å². The normalized spacial score (nSPS) is 15.6. The topological polar surface area (TPSA) is 32.7 Å². The summed E-state index contributed by atoms with van der Waals surface area (Å²) < 4.78 is 5.73. The minimum absolute atomic E-state index is 0.132. The van der Waals surface area contributed by atoms with Gasteiger partial charge in [0.25, 0.3) is 0 Å². The number of benzene rings is 2. The van der Waals surface area contributed by atoms with Crippen molar-refractivity contribution in [2.75, 3.05) is 27.2 Å². The summed E-state index contributed by atoms with van der Waals surface area (Å²) in [6.07, 6.45) is 1.00. The van der Waals surface area contributed by atoms with Crippen LogP contribution in [0.5, 0.6) is 5.75 Å². The zero-order chi connectivity index (χ0) is 18.6. The van der Waals surface area contributed by atoms with Gasteiger partial charge in [-0.1, -0.05) is 45.9 Å². The Labute approximate surface area is 152 Å². The maximum atomic E-state index is 11.6. The Morgan fingerprint density at radius 1 is 1.04 bits per heavy atom. The minimum Gasteiger partial charge on any atom is -0.494 e. The highest BCUT2D eigenvalue weighted by atomic mass is 16.5. The molecule has 0 fully saturated rings. The highest BCUT2D eigenvalue weighted by molar-refractivity contribution is 5.84. The summed E-state index contributed by atoms with van der Waals surface area (Å²) in [4.78, 5) is 2.14. The summed E-state index contributed by atoms with van der Waals surface area (Å²) in [5.41, 5.74) is 0.141. The van der Waals surface area contributed by atoms with Crippen LogP contribution in [0.3, 0.4) is 0 Å². The number of hydrogen-bond acceptors (Lipinski definition) is 3. The van der Waals surface area contributed by atoms with E-state index in [2.05, 4.69) is 77.0 Å². The van der Waals surface area contributed by atoms with Gasteiger partial charge in [-0.25, -0.2) is 0 Å². The Morgan fingerprint density at radius 2 is 1.68 bits per heavy atom. The van der Waals surface area contributed by atoms with Gasteiger partial charge in [-0.05, 0) is 61.0 Å². The predicted octanol–water partition coefficient (Wildman–Crippen LogP) is 4.67. The van der Waals surface area contributed by atoms with Gasteiger partial charge in [0.15, 0.2) is 0 Å². The van der Waals surface area contributed by atoms with Crippen LogP contribution in [0, 0.1) is 11.8 Å². The lowest BCUT2D eigenvalue weighted by Gasteiger charge is -2.39. The molecule has 0 heterocycles. The maximum absolute atomic E-state index is 11.6. The molecule has 3 heteroatoms. The average Bonchev–Trinajstić information content (AvgIpc) is 2.57. The lowest BCUT2D eigenvalue weighted by Crippen LogP contribution is -2.43. The molecule has 0 aliphatic carbocycles. The number of nitrogens with zero attached hydrogens (tertiary/aromatic N) is 1. The molecule has 2 aromatic carbocycles. The Morgan fingerprint density at radius 3 is 2.28 bits per heavy atom. The fourth-order valence-corrected chi connectivity index (χ4v) is 3.66. The molecule has 0 saturated heterocycles. The Bertz CT molecular complexity index is 695. The summed E-state index contributed by atoms with van der Waals surface area (Å²) >= 11 is 0. The van der Waals surface area contributed by atoms with Crippen LogP contribution in [-0.2, 0) is 5.60 Å². The average molecular weight is 344 g/mol. The highest BCUT2D eigenvalue weighted by Gasteiger charge is 2.39. The van der Waals surface area contributed by atoms with Gasteiger partial charge in [0.2, 0.25) is 0 Å². The van der Waals surface area contributed by atoms with Gasteiger partial charge in [0, 0.05) is 12.5 Å². The van der Waals surface area contributed by atoms with Crippen molar-refractivity contribution in [1.29, 1.82) is 0 Å². The van der Waals surface area contributed by atoms with Crippen LogP contribution in [0.4, 0.5) is 0 Å². The summed E-state index contributed by atoms with van der Waals surface area (Å²) in [6, 6.07) is 12.5. The number of fused-ring (bicyclic) bond motifs is 1. The molecular weight excluding hydrogens is 310 g/mol. The van der Waals surface area contributed by atoms with E-state index in [4.69, 9.17) is 4.74 Å². The molecule has 2 unspecified atom stereocenters. The van der Waals surface area contributed by atoms with Crippen LogP contribution < -0.4 is 4.74 Å². The van der Waals surface area contributed by atoms with E-state index in [9.17, 15) is 5.11 Å². The van der Waals surface area contributed by atoms with E-state index in [1.807, 2.05) is 6.07 Å². The van der Waals surface area contributed by atoms with E-state index in [-0.39, 0.29) is 11.8 Å². The molecule has 0 spiro atoms. The van der Waals surface area contributed by atoms with Crippen molar-refractivity contribution in [2.45, 2.75) is 39.7 Å². The monoisotopic (exact) mass is 343 g/mol. The molecule has 0 saturated carbocycles. The lowest BCUT2D eigenvalue weighted by atomic mass is 9.74. The second kappa shape index (κ2) is 8.20. The standard InChI is InChI=1S/C22H33NO2/c1-7-12-25-21-11-9-18-13-20(10-8-19(18)14-21)22(24,16(2)3)17(4)15-23(5)6/h8-11,13-14,16-17,24H,7,12,15H2,1-6H3. The van der Waals surface area contributed by atoms with E-state index in [0.29, 0.717) is 0 Å². The molecule has 2 aromatic rings. The fraction of sp³-hybridized carbons (Fsp3) is 0.545. The first-order valence-electron chi connectivity index (χ1n) is 9.33. The van der Waals surface area contributed by atoms with Gasteiger partial charge in [0.05, 0.1) is 12.2 Å². The molecule has 0 amide bonds. The smallest absolute Gasteiger partial charge is 0.119 e. The van der Waals surface area contributed by atoms with Crippen molar-refractivity contribution in [3.63, 3.8) is 0 Å². The first kappa shape index (κ1) is 19.7. The second-order valence-electron chi connectivity index (χ2n) is 7.72. The lowest BCUT2D eigenvalue weighted by molar-refractivity contribution is -0.0656. The molecule has 3 nitrogen and oxygen atoms in total. The van der Waals surface area contributed by atoms with E-state index < -0.39 is 5.60 Å². The van der Waals surface area contributed by atoms with Crippen LogP contribution in [-0.4, -0.2) is 37.3 Å². The van der Waals surface area contributed by atoms with Gasteiger partial charge in [0.1, 0.15) is 5.75 Å². The summed E-state index contributed by atoms with van der Waals surface area (Å²) in [7, 11) is 4.10. The summed E-state index contributed by atoms with van der Waals surface area (Å²) in [5.74, 6) is 1.17. The summed E-state index contributed by atoms with van der Waals surface area (Å²) in [5, 5.41) is 13.8. The number of rotatable bonds is 8. The molecule has 2 atom stereocenters. The quantitative estimate of drug-likeness (QED) is 0.756. The van der Waals surface area contributed by atoms with Crippen molar-refractivity contribution >= 4 is 10.8 Å². The third kappa shape index (κ3) is 4.34. The third-order valence-electron chi connectivity index (χ3n) is 5.02. The maximum Gasteiger partial charge on any atom is 0.119 e. The van der Waals surface area contributed by atoms with Gasteiger partial charge in [-0.15, -0.1) is 0 Å². The fourth-order valence-electron chi connectivity index (χ4n) is 3.66. The molecule has 2 rings (SSSR count). The van der Waals surface area contributed by atoms with Crippen molar-refractivity contribution < 1.29 is 9.84 Å². The molecule has 0 aromatic heterocycles. The van der Waals surface area contributed by atoms with Gasteiger partial charge < -0.3 is 14.7 Å². The second-order valence-corrected chi connectivity index (χ2v) is 7.72. The molecule has 138 valence electrons. The van der Waals surface area contributed by atoms with E-state index >= 15 is 0 Å². The van der Waals surface area contributed by atoms with Gasteiger partial charge in [-0.3, -0.25) is 0 Å². The molecule has 0 aliphatic rings. The van der Waals surface area contributed by atoms with E-state index in [0.717, 1.165) is 41.7 Å². The first-order valence-corrected chi connectivity index (χ1v) is 9.33. The SMILES string of the molecule is CCCOc1ccc2cc(C(O)(C(C)C)C(C)CN(C)C)ccc2c1. The third-order valence-corrected chi connectivity index (χ3v) is 5.02. The largest absolute Gasteiger partial charge is 0.494 e. The molecule has 25 heavy (non-hydrogen) atoms. The number of hydrogen-bond donors (Lipinski definition) is 1. The Hall–Kier alpha value is -1.58. The Balaban J connectivity index is 2.40.